The van der Waals surface area contributed by atoms with E-state index in [1.54, 1.807) is 33.9 Å². The number of anilines is 1. The Labute approximate surface area is 189 Å². The summed E-state index contributed by atoms with van der Waals surface area (Å²) in [5.41, 5.74) is -1.82. The van der Waals surface area contributed by atoms with Crippen LogP contribution in [0.2, 0.25) is 0 Å². The molecular formula is C21H18F2N8O3. The molecule has 1 aliphatic heterocycles. The van der Waals surface area contributed by atoms with Gasteiger partial charge >= 0.3 is 5.69 Å². The number of hydrogen-bond acceptors (Lipinski definition) is 7. The highest BCUT2D eigenvalue weighted by Crippen LogP contribution is 2.21. The summed E-state index contributed by atoms with van der Waals surface area (Å²) >= 11 is 0. The Morgan fingerprint density at radius 2 is 2.00 bits per heavy atom. The predicted molar refractivity (Wildman–Crippen MR) is 116 cm³/mol. The van der Waals surface area contributed by atoms with E-state index in [0.29, 0.717) is 42.4 Å². The van der Waals surface area contributed by atoms with Crippen molar-refractivity contribution in [3.8, 4) is 11.5 Å². The number of amides is 1. The van der Waals surface area contributed by atoms with Gasteiger partial charge in [0.15, 0.2) is 11.5 Å². The highest BCUT2D eigenvalue weighted by Gasteiger charge is 2.28. The lowest BCUT2D eigenvalue weighted by Gasteiger charge is -2.33. The molecule has 0 aliphatic carbocycles. The maximum Gasteiger partial charge on any atom is 0.326 e. The van der Waals surface area contributed by atoms with Crippen LogP contribution in [0.1, 0.15) is 23.3 Å². The minimum Gasteiger partial charge on any atom is -0.365 e. The Kier molecular flexibility index (Phi) is 5.36. The van der Waals surface area contributed by atoms with Gasteiger partial charge in [0.2, 0.25) is 5.82 Å². The molecular weight excluding hydrogens is 450 g/mol. The van der Waals surface area contributed by atoms with Gasteiger partial charge in [-0.05, 0) is 31.0 Å². The van der Waals surface area contributed by atoms with Crippen LogP contribution in [0.4, 0.5) is 14.6 Å². The first-order chi connectivity index (χ1) is 16.4. The molecule has 0 radical (unpaired) electrons. The Hall–Kier alpha value is -4.42. The average Bonchev–Trinajstić information content (AvgIpc) is 3.24. The van der Waals surface area contributed by atoms with Crippen LogP contribution in [-0.2, 0) is 0 Å². The number of aromatic nitrogens is 6. The average molecular weight is 468 g/mol. The van der Waals surface area contributed by atoms with E-state index in [0.717, 1.165) is 0 Å². The number of carbonyl (C=O) groups is 1. The van der Waals surface area contributed by atoms with Crippen molar-refractivity contribution in [1.82, 2.24) is 34.2 Å². The van der Waals surface area contributed by atoms with Crippen LogP contribution in [0.25, 0.3) is 17.2 Å². The highest BCUT2D eigenvalue weighted by atomic mass is 19.1. The molecule has 1 atom stereocenters. The number of imidazole rings is 1. The number of nitrogens with one attached hydrogen (secondary N) is 3. The minimum atomic E-state index is -1.33. The lowest BCUT2D eigenvalue weighted by Crippen LogP contribution is -2.46. The predicted octanol–water partition coefficient (Wildman–Crippen LogP) is 1.16. The first kappa shape index (κ1) is 21.4. The van der Waals surface area contributed by atoms with Crippen LogP contribution in [-0.4, -0.2) is 59.3 Å². The molecule has 1 amide bonds. The van der Waals surface area contributed by atoms with E-state index in [1.807, 2.05) is 0 Å². The molecule has 1 fully saturated rings. The number of pyridine rings is 1. The number of carbonyl (C=O) groups excluding carboxylic acids is 1. The zero-order valence-electron chi connectivity index (χ0n) is 17.6. The van der Waals surface area contributed by atoms with Gasteiger partial charge in [0.1, 0.15) is 23.0 Å². The summed E-state index contributed by atoms with van der Waals surface area (Å²) in [5.74, 6) is -1.72. The zero-order valence-corrected chi connectivity index (χ0v) is 17.6. The van der Waals surface area contributed by atoms with Gasteiger partial charge in [-0.3, -0.25) is 19.0 Å². The van der Waals surface area contributed by atoms with Gasteiger partial charge in [-0.25, -0.2) is 24.1 Å². The molecule has 174 valence electrons. The molecule has 1 saturated heterocycles. The Morgan fingerprint density at radius 1 is 1.15 bits per heavy atom. The topological polar surface area (TPSA) is 141 Å². The number of piperidine rings is 1. The first-order valence-corrected chi connectivity index (χ1v) is 10.4. The number of nitrogens with zero attached hydrogens (tertiary/aromatic N) is 5. The third kappa shape index (κ3) is 4.02. The molecule has 5 heterocycles. The second kappa shape index (κ2) is 8.50. The van der Waals surface area contributed by atoms with Crippen molar-refractivity contribution in [2.24, 2.45) is 0 Å². The molecule has 11 nitrogen and oxygen atoms in total. The molecule has 0 aromatic carbocycles. The molecule has 1 aliphatic rings. The van der Waals surface area contributed by atoms with Gasteiger partial charge in [0.25, 0.3) is 11.5 Å². The summed E-state index contributed by atoms with van der Waals surface area (Å²) in [4.78, 5) is 53.9. The standard InChI is InChI=1S/C21H18F2N8O3/c22-11-3-4-15-25-8-13(31(15)9-11)18-24-6-5-14(27-18)26-12-2-1-7-30(10-12)20(33)17-16(23)19(32)29-21(34)28-17/h3-6,8-9,12H,1-2,7,10H2,(H,24,26,27)(H2,28,29,32,34). The highest BCUT2D eigenvalue weighted by molar-refractivity contribution is 5.92. The number of halogens is 2. The van der Waals surface area contributed by atoms with Gasteiger partial charge in [-0.15, -0.1) is 0 Å². The number of aromatic amines is 2. The Morgan fingerprint density at radius 3 is 2.85 bits per heavy atom. The smallest absolute Gasteiger partial charge is 0.326 e. The fraction of sp³-hybridized carbons (Fsp3) is 0.238. The van der Waals surface area contributed by atoms with Crippen molar-refractivity contribution >= 4 is 17.4 Å². The molecule has 1 unspecified atom stereocenters. The van der Waals surface area contributed by atoms with E-state index >= 15 is 0 Å². The van der Waals surface area contributed by atoms with Crippen molar-refractivity contribution in [3.63, 3.8) is 0 Å². The number of H-pyrrole nitrogens is 2. The van der Waals surface area contributed by atoms with E-state index in [4.69, 9.17) is 0 Å². The SMILES string of the molecule is O=C(c1[nH]c(=O)[nH]c(=O)c1F)N1CCCC(Nc2ccnc(-c3cnc4ccc(F)cn34)n2)C1. The molecule has 5 rings (SSSR count). The summed E-state index contributed by atoms with van der Waals surface area (Å²) in [6.07, 6.45) is 5.71. The van der Waals surface area contributed by atoms with Gasteiger partial charge in [0.05, 0.1) is 6.20 Å². The minimum absolute atomic E-state index is 0.202. The van der Waals surface area contributed by atoms with E-state index in [-0.39, 0.29) is 12.6 Å². The monoisotopic (exact) mass is 468 g/mol. The second-order valence-corrected chi connectivity index (χ2v) is 7.82. The summed E-state index contributed by atoms with van der Waals surface area (Å²) in [6.45, 7) is 0.543. The van der Waals surface area contributed by atoms with Crippen molar-refractivity contribution in [3.05, 3.63) is 75.0 Å². The van der Waals surface area contributed by atoms with Crippen molar-refractivity contribution in [2.45, 2.75) is 18.9 Å². The van der Waals surface area contributed by atoms with Gasteiger partial charge in [-0.2, -0.15) is 4.39 Å². The van der Waals surface area contributed by atoms with Crippen LogP contribution in [0.15, 0.2) is 46.4 Å². The van der Waals surface area contributed by atoms with E-state index in [1.165, 1.54) is 17.2 Å². The summed E-state index contributed by atoms with van der Waals surface area (Å²) in [7, 11) is 0. The Balaban J connectivity index is 1.35. The molecule has 4 aromatic rings. The number of fused-ring (bicyclic) bond motifs is 1. The lowest BCUT2D eigenvalue weighted by molar-refractivity contribution is 0.0702. The molecule has 0 bridgehead atoms. The van der Waals surface area contributed by atoms with Crippen molar-refractivity contribution in [2.75, 3.05) is 18.4 Å². The largest absolute Gasteiger partial charge is 0.365 e. The maximum atomic E-state index is 14.1. The molecule has 34 heavy (non-hydrogen) atoms. The zero-order chi connectivity index (χ0) is 23.8. The molecule has 3 N–H and O–H groups in total. The normalized spacial score (nSPS) is 16.1. The third-order valence-corrected chi connectivity index (χ3v) is 5.51. The number of rotatable bonds is 4. The summed E-state index contributed by atoms with van der Waals surface area (Å²) < 4.78 is 29.4. The fourth-order valence-electron chi connectivity index (χ4n) is 3.95. The number of likely N-dealkylation sites (tertiary alicyclic amines) is 1. The summed E-state index contributed by atoms with van der Waals surface area (Å²) in [6, 6.07) is 4.29. The quantitative estimate of drug-likeness (QED) is 0.408. The van der Waals surface area contributed by atoms with E-state index in [2.05, 4.69) is 25.3 Å². The molecule has 0 saturated carbocycles. The second-order valence-electron chi connectivity index (χ2n) is 7.82. The number of hydrogen-bond donors (Lipinski definition) is 3. The summed E-state index contributed by atoms with van der Waals surface area (Å²) in [5, 5.41) is 3.23. The van der Waals surface area contributed by atoms with Gasteiger partial charge in [-0.1, -0.05) is 0 Å². The molecule has 13 heteroatoms. The van der Waals surface area contributed by atoms with E-state index in [9.17, 15) is 23.2 Å². The van der Waals surface area contributed by atoms with Gasteiger partial charge < -0.3 is 15.2 Å². The molecule has 0 spiro atoms. The van der Waals surface area contributed by atoms with Crippen LogP contribution >= 0.6 is 0 Å². The van der Waals surface area contributed by atoms with E-state index < -0.39 is 34.5 Å². The lowest BCUT2D eigenvalue weighted by atomic mass is 10.1. The van der Waals surface area contributed by atoms with Crippen LogP contribution in [0, 0.1) is 11.6 Å². The fourth-order valence-corrected chi connectivity index (χ4v) is 3.95. The maximum absolute atomic E-state index is 14.1. The Bertz CT molecular complexity index is 1510. The van der Waals surface area contributed by atoms with Crippen molar-refractivity contribution in [1.29, 1.82) is 0 Å². The molecule has 4 aromatic heterocycles. The first-order valence-electron chi connectivity index (χ1n) is 10.4. The van der Waals surface area contributed by atoms with Crippen LogP contribution < -0.4 is 16.6 Å². The van der Waals surface area contributed by atoms with Gasteiger partial charge in [0, 0.05) is 31.5 Å². The van der Waals surface area contributed by atoms with Crippen LogP contribution in [0.3, 0.4) is 0 Å². The van der Waals surface area contributed by atoms with Crippen molar-refractivity contribution < 1.29 is 13.6 Å². The van der Waals surface area contributed by atoms with Crippen LogP contribution in [0.5, 0.6) is 0 Å². The third-order valence-electron chi connectivity index (χ3n) is 5.51.